The summed E-state index contributed by atoms with van der Waals surface area (Å²) in [7, 11) is 0. The molecule has 0 radical (unpaired) electrons. The normalized spacial score (nSPS) is 15.5. The molecule has 37 heavy (non-hydrogen) atoms. The number of amides is 1. The summed E-state index contributed by atoms with van der Waals surface area (Å²) >= 11 is 1.28. The van der Waals surface area contributed by atoms with E-state index in [2.05, 4.69) is 36.3 Å². The fraction of sp³-hybridized carbons (Fsp3) is 0.167. The zero-order valence-corrected chi connectivity index (χ0v) is 21.6. The standard InChI is InChI=1S/C30H26FN3O2S/c1-18(2)21-11-9-20(10-12-21)17-25-29(36)34-27(22-13-15-23(31)16-14-22)26(19(3)32-30(34)37-25)28(35)33-24-7-5-4-6-8-24/h4-18,27H,1-3H3,(H,33,35)/b25-17+/t27-/m0/s1. The zero-order valence-electron chi connectivity index (χ0n) is 20.7. The average molecular weight is 512 g/mol. The van der Waals surface area contributed by atoms with Gasteiger partial charge < -0.3 is 5.32 Å². The second-order valence-corrected chi connectivity index (χ2v) is 10.3. The summed E-state index contributed by atoms with van der Waals surface area (Å²) in [5.41, 5.74) is 4.00. The number of aromatic nitrogens is 1. The summed E-state index contributed by atoms with van der Waals surface area (Å²) in [4.78, 5) is 32.4. The Bertz CT molecular complexity index is 1670. The predicted octanol–water partition coefficient (Wildman–Crippen LogP) is 5.14. The molecule has 3 aromatic carbocycles. The van der Waals surface area contributed by atoms with Crippen molar-refractivity contribution in [3.8, 4) is 0 Å². The molecule has 4 aromatic rings. The molecule has 1 aromatic heterocycles. The van der Waals surface area contributed by atoms with Crippen LogP contribution in [-0.2, 0) is 4.79 Å². The Balaban J connectivity index is 1.64. The highest BCUT2D eigenvalue weighted by molar-refractivity contribution is 7.07. The van der Waals surface area contributed by atoms with E-state index in [9.17, 15) is 14.0 Å². The number of hydrogen-bond donors (Lipinski definition) is 1. The maximum absolute atomic E-state index is 13.8. The van der Waals surface area contributed by atoms with Crippen LogP contribution < -0.4 is 20.2 Å². The molecule has 186 valence electrons. The number of nitrogens with zero attached hydrogens (tertiary/aromatic N) is 2. The van der Waals surface area contributed by atoms with Crippen LogP contribution in [-0.4, -0.2) is 10.5 Å². The van der Waals surface area contributed by atoms with Gasteiger partial charge in [0, 0.05) is 5.69 Å². The van der Waals surface area contributed by atoms with E-state index in [4.69, 9.17) is 0 Å². The van der Waals surface area contributed by atoms with Crippen molar-refractivity contribution >= 4 is 29.0 Å². The van der Waals surface area contributed by atoms with Crippen LogP contribution in [0.15, 0.2) is 99.9 Å². The van der Waals surface area contributed by atoms with Crippen LogP contribution in [0.5, 0.6) is 0 Å². The summed E-state index contributed by atoms with van der Waals surface area (Å²) < 4.78 is 15.8. The van der Waals surface area contributed by atoms with Gasteiger partial charge in [0.05, 0.1) is 21.8 Å². The first-order valence-corrected chi connectivity index (χ1v) is 12.9. The van der Waals surface area contributed by atoms with Crippen LogP contribution >= 0.6 is 11.3 Å². The van der Waals surface area contributed by atoms with Gasteiger partial charge in [-0.25, -0.2) is 9.38 Å². The van der Waals surface area contributed by atoms with Gasteiger partial charge in [-0.2, -0.15) is 0 Å². The van der Waals surface area contributed by atoms with Crippen LogP contribution in [0, 0.1) is 5.82 Å². The number of para-hydroxylation sites is 1. The molecule has 0 saturated carbocycles. The number of halogens is 1. The maximum atomic E-state index is 13.8. The summed E-state index contributed by atoms with van der Waals surface area (Å²) in [5.74, 6) is -0.337. The lowest BCUT2D eigenvalue weighted by Crippen LogP contribution is -2.40. The summed E-state index contributed by atoms with van der Waals surface area (Å²) in [6.07, 6.45) is 1.85. The topological polar surface area (TPSA) is 63.5 Å². The Kier molecular flexibility index (Phi) is 6.72. The van der Waals surface area contributed by atoms with Crippen molar-refractivity contribution in [2.75, 3.05) is 5.32 Å². The van der Waals surface area contributed by atoms with E-state index in [-0.39, 0.29) is 11.5 Å². The predicted molar refractivity (Wildman–Crippen MR) is 146 cm³/mol. The largest absolute Gasteiger partial charge is 0.322 e. The minimum absolute atomic E-state index is 0.247. The molecule has 1 amide bonds. The highest BCUT2D eigenvalue weighted by atomic mass is 32.1. The third kappa shape index (κ3) is 4.95. The molecular formula is C30H26FN3O2S. The van der Waals surface area contributed by atoms with Crippen molar-refractivity contribution in [2.24, 2.45) is 4.99 Å². The fourth-order valence-electron chi connectivity index (χ4n) is 4.42. The number of carbonyl (C=O) groups is 1. The van der Waals surface area contributed by atoms with Crippen molar-refractivity contribution < 1.29 is 9.18 Å². The fourth-order valence-corrected chi connectivity index (χ4v) is 5.47. The first-order valence-electron chi connectivity index (χ1n) is 12.1. The highest BCUT2D eigenvalue weighted by Gasteiger charge is 2.32. The van der Waals surface area contributed by atoms with E-state index in [0.29, 0.717) is 37.8 Å². The summed E-state index contributed by atoms with van der Waals surface area (Å²) in [6.45, 7) is 6.03. The second kappa shape index (κ2) is 10.1. The second-order valence-electron chi connectivity index (χ2n) is 9.27. The number of carbonyl (C=O) groups excluding carboxylic acids is 1. The quantitative estimate of drug-likeness (QED) is 0.404. The molecule has 1 aliphatic rings. The van der Waals surface area contributed by atoms with Gasteiger partial charge in [0.2, 0.25) is 0 Å². The molecule has 0 aliphatic carbocycles. The van der Waals surface area contributed by atoms with Gasteiger partial charge in [-0.1, -0.05) is 79.8 Å². The Morgan fingerprint density at radius 1 is 1.03 bits per heavy atom. The first-order chi connectivity index (χ1) is 17.8. The van der Waals surface area contributed by atoms with Gasteiger partial charge in [0.15, 0.2) is 4.80 Å². The Morgan fingerprint density at radius 3 is 2.35 bits per heavy atom. The van der Waals surface area contributed by atoms with Gasteiger partial charge in [-0.15, -0.1) is 0 Å². The molecule has 0 saturated heterocycles. The Labute approximate surface area is 218 Å². The van der Waals surface area contributed by atoms with Crippen LogP contribution in [0.1, 0.15) is 49.4 Å². The molecule has 0 bridgehead atoms. The van der Waals surface area contributed by atoms with Crippen LogP contribution in [0.3, 0.4) is 0 Å². The SMILES string of the molecule is CC1=C(C(=O)Nc2ccccc2)[C@H](c2ccc(F)cc2)n2c(s/c(=C/c3ccc(C(C)C)cc3)c2=O)=N1. The third-order valence-corrected chi connectivity index (χ3v) is 7.37. The molecule has 0 fully saturated rings. The Morgan fingerprint density at radius 2 is 1.70 bits per heavy atom. The van der Waals surface area contributed by atoms with E-state index in [1.54, 1.807) is 35.8 Å². The van der Waals surface area contributed by atoms with Crippen LogP contribution in [0.2, 0.25) is 0 Å². The lowest BCUT2D eigenvalue weighted by Gasteiger charge is -2.25. The molecule has 1 N–H and O–H groups in total. The monoisotopic (exact) mass is 511 g/mol. The van der Waals surface area contributed by atoms with Gasteiger partial charge in [0.25, 0.3) is 11.5 Å². The molecule has 1 atom stereocenters. The Hall–Kier alpha value is -4.10. The highest BCUT2D eigenvalue weighted by Crippen LogP contribution is 2.31. The third-order valence-electron chi connectivity index (χ3n) is 6.38. The van der Waals surface area contributed by atoms with E-state index < -0.39 is 11.9 Å². The molecule has 7 heteroatoms. The molecule has 0 unspecified atom stereocenters. The van der Waals surface area contributed by atoms with E-state index in [1.807, 2.05) is 36.4 Å². The smallest absolute Gasteiger partial charge is 0.271 e. The van der Waals surface area contributed by atoms with Crippen LogP contribution in [0.4, 0.5) is 10.1 Å². The van der Waals surface area contributed by atoms with E-state index in [1.165, 1.54) is 29.0 Å². The van der Waals surface area contributed by atoms with Crippen molar-refractivity contribution in [2.45, 2.75) is 32.7 Å². The number of nitrogens with one attached hydrogen (secondary N) is 1. The summed E-state index contributed by atoms with van der Waals surface area (Å²) in [6, 6.07) is 22.4. The molecular weight excluding hydrogens is 485 g/mol. The molecule has 1 aliphatic heterocycles. The maximum Gasteiger partial charge on any atom is 0.271 e. The number of hydrogen-bond acceptors (Lipinski definition) is 4. The number of allylic oxidation sites excluding steroid dienone is 1. The number of anilines is 1. The summed E-state index contributed by atoms with van der Waals surface area (Å²) in [5, 5.41) is 2.91. The van der Waals surface area contributed by atoms with E-state index >= 15 is 0 Å². The van der Waals surface area contributed by atoms with E-state index in [0.717, 1.165) is 5.56 Å². The van der Waals surface area contributed by atoms with Crippen molar-refractivity contribution in [3.05, 3.63) is 132 Å². The number of thiazole rings is 1. The number of benzene rings is 3. The first kappa shape index (κ1) is 24.6. The van der Waals surface area contributed by atoms with Crippen molar-refractivity contribution in [3.63, 3.8) is 0 Å². The van der Waals surface area contributed by atoms with Gasteiger partial charge in [-0.05, 0) is 59.9 Å². The molecule has 5 rings (SSSR count). The van der Waals surface area contributed by atoms with Gasteiger partial charge in [0.1, 0.15) is 5.82 Å². The molecule has 5 nitrogen and oxygen atoms in total. The lowest BCUT2D eigenvalue weighted by molar-refractivity contribution is -0.113. The number of rotatable bonds is 5. The molecule has 2 heterocycles. The van der Waals surface area contributed by atoms with Gasteiger partial charge in [-0.3, -0.25) is 14.2 Å². The van der Waals surface area contributed by atoms with Gasteiger partial charge >= 0.3 is 0 Å². The number of fused-ring (bicyclic) bond motifs is 1. The van der Waals surface area contributed by atoms with Crippen LogP contribution in [0.25, 0.3) is 6.08 Å². The average Bonchev–Trinajstić information content (AvgIpc) is 3.18. The molecule has 0 spiro atoms. The van der Waals surface area contributed by atoms with Crippen molar-refractivity contribution in [1.82, 2.24) is 4.57 Å². The zero-order chi connectivity index (χ0) is 26.1. The minimum atomic E-state index is -0.744. The van der Waals surface area contributed by atoms with Crippen molar-refractivity contribution in [1.29, 1.82) is 0 Å². The lowest BCUT2D eigenvalue weighted by atomic mass is 9.95. The minimum Gasteiger partial charge on any atom is -0.322 e.